The standard InChI is InChI=1S/C10H18N4O/c1-11-6-3-5-9-13-10(14-15-9)8-4-2-7-12-8/h8,11-12H,2-7H2,1H3. The average Bonchev–Trinajstić information content (AvgIpc) is 2.87. The van der Waals surface area contributed by atoms with Crippen molar-refractivity contribution in [1.82, 2.24) is 20.8 Å². The Kier molecular flexibility index (Phi) is 3.69. The molecule has 2 N–H and O–H groups in total. The molecule has 1 unspecified atom stereocenters. The lowest BCUT2D eigenvalue weighted by Crippen LogP contribution is -2.14. The molecule has 5 heteroatoms. The number of nitrogens with zero attached hydrogens (tertiary/aromatic N) is 2. The van der Waals surface area contributed by atoms with Crippen molar-refractivity contribution in [3.05, 3.63) is 11.7 Å². The van der Waals surface area contributed by atoms with E-state index in [2.05, 4.69) is 20.8 Å². The lowest BCUT2D eigenvalue weighted by Gasteiger charge is -2.01. The molecule has 1 aromatic rings. The maximum Gasteiger partial charge on any atom is 0.226 e. The minimum absolute atomic E-state index is 0.312. The Morgan fingerprint density at radius 3 is 3.27 bits per heavy atom. The van der Waals surface area contributed by atoms with E-state index >= 15 is 0 Å². The van der Waals surface area contributed by atoms with Gasteiger partial charge >= 0.3 is 0 Å². The highest BCUT2D eigenvalue weighted by atomic mass is 16.5. The minimum atomic E-state index is 0.312. The summed E-state index contributed by atoms with van der Waals surface area (Å²) in [5, 5.41) is 10.5. The lowest BCUT2D eigenvalue weighted by molar-refractivity contribution is 0.365. The zero-order valence-electron chi connectivity index (χ0n) is 9.12. The van der Waals surface area contributed by atoms with Gasteiger partial charge in [0.05, 0.1) is 6.04 Å². The SMILES string of the molecule is CNCCCc1nc(C2CCCN2)no1. The summed E-state index contributed by atoms with van der Waals surface area (Å²) in [5.74, 6) is 1.58. The zero-order chi connectivity index (χ0) is 10.5. The third-order valence-electron chi connectivity index (χ3n) is 2.67. The summed E-state index contributed by atoms with van der Waals surface area (Å²) in [6.07, 6.45) is 4.22. The summed E-state index contributed by atoms with van der Waals surface area (Å²) in [7, 11) is 1.95. The zero-order valence-corrected chi connectivity index (χ0v) is 9.12. The molecule has 5 nitrogen and oxygen atoms in total. The van der Waals surface area contributed by atoms with Gasteiger partial charge in [-0.2, -0.15) is 4.98 Å². The van der Waals surface area contributed by atoms with Crippen molar-refractivity contribution in [2.75, 3.05) is 20.1 Å². The van der Waals surface area contributed by atoms with E-state index in [1.165, 1.54) is 6.42 Å². The Morgan fingerprint density at radius 2 is 2.53 bits per heavy atom. The number of aromatic nitrogens is 2. The Morgan fingerprint density at radius 1 is 1.60 bits per heavy atom. The van der Waals surface area contributed by atoms with Gasteiger partial charge in [-0.05, 0) is 39.4 Å². The van der Waals surface area contributed by atoms with Crippen LogP contribution in [0.15, 0.2) is 4.52 Å². The molecule has 1 aliphatic heterocycles. The van der Waals surface area contributed by atoms with E-state index in [1.807, 2.05) is 7.05 Å². The molecule has 0 aliphatic carbocycles. The van der Waals surface area contributed by atoms with Crippen LogP contribution in [0.5, 0.6) is 0 Å². The highest BCUT2D eigenvalue weighted by Gasteiger charge is 2.21. The van der Waals surface area contributed by atoms with Crippen molar-refractivity contribution in [1.29, 1.82) is 0 Å². The molecule has 0 radical (unpaired) electrons. The molecule has 0 bridgehead atoms. The normalized spacial score (nSPS) is 21.0. The van der Waals surface area contributed by atoms with Crippen LogP contribution < -0.4 is 10.6 Å². The van der Waals surface area contributed by atoms with Gasteiger partial charge < -0.3 is 15.2 Å². The van der Waals surface area contributed by atoms with Gasteiger partial charge in [-0.1, -0.05) is 5.16 Å². The number of hydrogen-bond donors (Lipinski definition) is 2. The van der Waals surface area contributed by atoms with E-state index in [0.717, 1.165) is 44.1 Å². The molecule has 0 saturated carbocycles. The summed E-state index contributed by atoms with van der Waals surface area (Å²) in [4.78, 5) is 4.40. The van der Waals surface area contributed by atoms with Crippen LogP contribution in [0.25, 0.3) is 0 Å². The molecule has 1 atom stereocenters. The van der Waals surface area contributed by atoms with Crippen LogP contribution in [-0.4, -0.2) is 30.3 Å². The number of rotatable bonds is 5. The smallest absolute Gasteiger partial charge is 0.226 e. The second-order valence-electron chi connectivity index (χ2n) is 3.90. The van der Waals surface area contributed by atoms with Crippen molar-refractivity contribution in [3.63, 3.8) is 0 Å². The summed E-state index contributed by atoms with van der Waals surface area (Å²) in [6.45, 7) is 2.05. The largest absolute Gasteiger partial charge is 0.339 e. The molecule has 0 spiro atoms. The van der Waals surface area contributed by atoms with Crippen LogP contribution in [0.3, 0.4) is 0 Å². The topological polar surface area (TPSA) is 63.0 Å². The molecule has 1 fully saturated rings. The van der Waals surface area contributed by atoms with E-state index in [1.54, 1.807) is 0 Å². The fourth-order valence-electron chi connectivity index (χ4n) is 1.83. The summed E-state index contributed by atoms with van der Waals surface area (Å²) in [5.41, 5.74) is 0. The van der Waals surface area contributed by atoms with Gasteiger partial charge in [0.25, 0.3) is 0 Å². The van der Waals surface area contributed by atoms with Gasteiger partial charge in [0.15, 0.2) is 5.82 Å². The Balaban J connectivity index is 1.86. The molecule has 2 heterocycles. The Bertz CT molecular complexity index is 293. The van der Waals surface area contributed by atoms with Crippen LogP contribution in [0, 0.1) is 0 Å². The number of nitrogens with one attached hydrogen (secondary N) is 2. The van der Waals surface area contributed by atoms with E-state index < -0.39 is 0 Å². The molecule has 84 valence electrons. The first-order valence-corrected chi connectivity index (χ1v) is 5.60. The summed E-state index contributed by atoms with van der Waals surface area (Å²) in [6, 6.07) is 0.312. The van der Waals surface area contributed by atoms with Gasteiger partial charge in [-0.3, -0.25) is 0 Å². The molecule has 0 amide bonds. The molecule has 2 rings (SSSR count). The van der Waals surface area contributed by atoms with Gasteiger partial charge in [0.2, 0.25) is 5.89 Å². The van der Waals surface area contributed by atoms with Gasteiger partial charge in [0.1, 0.15) is 0 Å². The fourth-order valence-corrected chi connectivity index (χ4v) is 1.83. The van der Waals surface area contributed by atoms with Crippen LogP contribution in [0.1, 0.15) is 37.0 Å². The number of hydrogen-bond acceptors (Lipinski definition) is 5. The predicted molar refractivity (Wildman–Crippen MR) is 56.5 cm³/mol. The van der Waals surface area contributed by atoms with E-state index in [-0.39, 0.29) is 0 Å². The Labute approximate surface area is 89.6 Å². The van der Waals surface area contributed by atoms with Gasteiger partial charge in [-0.25, -0.2) is 0 Å². The minimum Gasteiger partial charge on any atom is -0.339 e. The van der Waals surface area contributed by atoms with Crippen LogP contribution in [0.4, 0.5) is 0 Å². The fraction of sp³-hybridized carbons (Fsp3) is 0.800. The highest BCUT2D eigenvalue weighted by molar-refractivity contribution is 4.96. The third kappa shape index (κ3) is 2.76. The van der Waals surface area contributed by atoms with Gasteiger partial charge in [0, 0.05) is 6.42 Å². The molecule has 1 saturated heterocycles. The molecule has 1 aliphatic rings. The van der Waals surface area contributed by atoms with Crippen molar-refractivity contribution in [2.24, 2.45) is 0 Å². The Hall–Kier alpha value is -0.940. The maximum atomic E-state index is 5.19. The van der Waals surface area contributed by atoms with Crippen molar-refractivity contribution in [2.45, 2.75) is 31.7 Å². The second kappa shape index (κ2) is 5.23. The van der Waals surface area contributed by atoms with E-state index in [9.17, 15) is 0 Å². The van der Waals surface area contributed by atoms with E-state index in [4.69, 9.17) is 4.52 Å². The van der Waals surface area contributed by atoms with Crippen molar-refractivity contribution >= 4 is 0 Å². The summed E-state index contributed by atoms with van der Waals surface area (Å²) < 4.78 is 5.19. The third-order valence-corrected chi connectivity index (χ3v) is 2.67. The van der Waals surface area contributed by atoms with Crippen LogP contribution in [-0.2, 0) is 6.42 Å². The first-order chi connectivity index (χ1) is 7.40. The predicted octanol–water partition coefficient (Wildman–Crippen LogP) is 0.646. The van der Waals surface area contributed by atoms with Crippen LogP contribution >= 0.6 is 0 Å². The average molecular weight is 210 g/mol. The molecule has 1 aromatic heterocycles. The van der Waals surface area contributed by atoms with Crippen LogP contribution in [0.2, 0.25) is 0 Å². The molecule has 15 heavy (non-hydrogen) atoms. The van der Waals surface area contributed by atoms with Gasteiger partial charge in [-0.15, -0.1) is 0 Å². The molecular formula is C10H18N4O. The van der Waals surface area contributed by atoms with Crippen molar-refractivity contribution < 1.29 is 4.52 Å². The van der Waals surface area contributed by atoms with Crippen molar-refractivity contribution in [3.8, 4) is 0 Å². The molecular weight excluding hydrogens is 192 g/mol. The second-order valence-corrected chi connectivity index (χ2v) is 3.90. The quantitative estimate of drug-likeness (QED) is 0.698. The highest BCUT2D eigenvalue weighted by Crippen LogP contribution is 2.20. The van der Waals surface area contributed by atoms with E-state index in [0.29, 0.717) is 6.04 Å². The maximum absolute atomic E-state index is 5.19. The first-order valence-electron chi connectivity index (χ1n) is 5.60. The first kappa shape index (κ1) is 10.6. The molecule has 0 aromatic carbocycles. The number of aryl methyl sites for hydroxylation is 1. The summed E-state index contributed by atoms with van der Waals surface area (Å²) >= 11 is 0. The lowest BCUT2D eigenvalue weighted by atomic mass is 10.2. The monoisotopic (exact) mass is 210 g/mol.